The lowest BCUT2D eigenvalue weighted by atomic mass is 9.56. The Morgan fingerprint density at radius 1 is 1.00 bits per heavy atom. The third-order valence-corrected chi connectivity index (χ3v) is 7.78. The van der Waals surface area contributed by atoms with Crippen LogP contribution in [0.15, 0.2) is 0 Å². The third kappa shape index (κ3) is 4.81. The van der Waals surface area contributed by atoms with Crippen molar-refractivity contribution in [2.45, 2.75) is 96.5 Å². The van der Waals surface area contributed by atoms with Crippen molar-refractivity contribution in [2.24, 2.45) is 17.3 Å². The first kappa shape index (κ1) is 22.5. The van der Waals surface area contributed by atoms with Crippen LogP contribution in [0.4, 0.5) is 0 Å². The van der Waals surface area contributed by atoms with Crippen molar-refractivity contribution in [1.82, 2.24) is 10.6 Å². The summed E-state index contributed by atoms with van der Waals surface area (Å²) in [7, 11) is 0. The Hall–Kier alpha value is 0.500. The maximum Gasteiger partial charge on any atom is 0.112 e. The van der Waals surface area contributed by atoms with Crippen molar-refractivity contribution in [3.63, 3.8) is 0 Å². The molecule has 1 aliphatic rings. The number of rotatable bonds is 10. The first-order valence-corrected chi connectivity index (χ1v) is 10.9. The predicted octanol–water partition coefficient (Wildman–Crippen LogP) is 5.77. The number of nitrogens with one attached hydrogen (secondary N) is 2. The normalized spacial score (nSPS) is 36.5. The molecular weight excluding hydrogens is 339 g/mol. The molecule has 5 unspecified atom stereocenters. The van der Waals surface area contributed by atoms with Crippen molar-refractivity contribution >= 4 is 23.2 Å². The molecule has 0 bridgehead atoms. The summed E-state index contributed by atoms with van der Waals surface area (Å²) in [6.07, 6.45) is 6.68. The zero-order valence-electron chi connectivity index (χ0n) is 16.7. The highest BCUT2D eigenvalue weighted by atomic mass is 35.5. The second-order valence-electron chi connectivity index (χ2n) is 7.98. The summed E-state index contributed by atoms with van der Waals surface area (Å²) in [6, 6.07) is 0.269. The zero-order chi connectivity index (χ0) is 18.4. The SMILES string of the molecule is CCCNC1CC(C(C)CC)(C(C)CC)CC(Cl)(NCCC)C1Cl. The molecule has 2 N–H and O–H groups in total. The van der Waals surface area contributed by atoms with Gasteiger partial charge in [-0.1, -0.05) is 54.4 Å². The van der Waals surface area contributed by atoms with Crippen LogP contribution in [-0.2, 0) is 0 Å². The molecule has 0 spiro atoms. The summed E-state index contributed by atoms with van der Waals surface area (Å²) in [5, 5.41) is 7.23. The third-order valence-electron chi connectivity index (χ3n) is 6.49. The summed E-state index contributed by atoms with van der Waals surface area (Å²) >= 11 is 14.1. The molecule has 0 saturated heterocycles. The van der Waals surface area contributed by atoms with Gasteiger partial charge in [0, 0.05) is 6.04 Å². The summed E-state index contributed by atoms with van der Waals surface area (Å²) in [4.78, 5) is -0.520. The van der Waals surface area contributed by atoms with Crippen molar-refractivity contribution in [2.75, 3.05) is 13.1 Å². The van der Waals surface area contributed by atoms with E-state index >= 15 is 0 Å². The van der Waals surface area contributed by atoms with E-state index in [0.717, 1.165) is 38.8 Å². The molecule has 1 aliphatic carbocycles. The largest absolute Gasteiger partial charge is 0.312 e. The maximum atomic E-state index is 7.18. The number of alkyl halides is 2. The van der Waals surface area contributed by atoms with Gasteiger partial charge in [-0.2, -0.15) is 0 Å². The van der Waals surface area contributed by atoms with Crippen molar-refractivity contribution in [3.8, 4) is 0 Å². The smallest absolute Gasteiger partial charge is 0.112 e. The number of hydrogen-bond donors (Lipinski definition) is 2. The van der Waals surface area contributed by atoms with E-state index in [0.29, 0.717) is 11.8 Å². The van der Waals surface area contributed by atoms with Crippen LogP contribution in [-0.4, -0.2) is 29.5 Å². The molecule has 1 fully saturated rings. The lowest BCUT2D eigenvalue weighted by molar-refractivity contribution is -0.00153. The Balaban J connectivity index is 3.22. The van der Waals surface area contributed by atoms with Gasteiger partial charge in [-0.15, -0.1) is 23.2 Å². The molecule has 0 aliphatic heterocycles. The van der Waals surface area contributed by atoms with E-state index < -0.39 is 5.00 Å². The Labute approximate surface area is 160 Å². The van der Waals surface area contributed by atoms with Crippen LogP contribution in [0.3, 0.4) is 0 Å². The van der Waals surface area contributed by atoms with Gasteiger partial charge in [0.15, 0.2) is 0 Å². The average Bonchev–Trinajstić information content (AvgIpc) is 2.59. The van der Waals surface area contributed by atoms with Gasteiger partial charge >= 0.3 is 0 Å². The lowest BCUT2D eigenvalue weighted by Crippen LogP contribution is -2.65. The number of hydrogen-bond acceptors (Lipinski definition) is 2. The van der Waals surface area contributed by atoms with Gasteiger partial charge in [0.2, 0.25) is 0 Å². The highest BCUT2D eigenvalue weighted by Gasteiger charge is 2.55. The Morgan fingerprint density at radius 2 is 1.54 bits per heavy atom. The van der Waals surface area contributed by atoms with Crippen LogP contribution in [0, 0.1) is 17.3 Å². The molecular formula is C20H40Cl2N2. The summed E-state index contributed by atoms with van der Waals surface area (Å²) in [6.45, 7) is 15.8. The van der Waals surface area contributed by atoms with Crippen LogP contribution in [0.1, 0.15) is 80.1 Å². The van der Waals surface area contributed by atoms with Gasteiger partial charge in [-0.3, -0.25) is 5.32 Å². The fourth-order valence-electron chi connectivity index (χ4n) is 4.53. The topological polar surface area (TPSA) is 24.1 Å². The van der Waals surface area contributed by atoms with Gasteiger partial charge in [0.1, 0.15) is 5.00 Å². The zero-order valence-corrected chi connectivity index (χ0v) is 18.2. The highest BCUT2D eigenvalue weighted by Crippen LogP contribution is 2.55. The minimum Gasteiger partial charge on any atom is -0.312 e. The first-order valence-electron chi connectivity index (χ1n) is 10.1. The molecule has 0 aromatic rings. The standard InChI is InChI=1S/C20H40Cl2N2/c1-7-11-23-17-13-19(15(5)9-3,16(6)10-4)14-20(22,18(17)21)24-12-8-2/h15-18,23-24H,7-14H2,1-6H3. The fourth-order valence-corrected chi connectivity index (χ4v) is 5.36. The van der Waals surface area contributed by atoms with Gasteiger partial charge < -0.3 is 5.32 Å². The minimum absolute atomic E-state index is 0.0847. The van der Waals surface area contributed by atoms with Gasteiger partial charge in [0.05, 0.1) is 5.38 Å². The van der Waals surface area contributed by atoms with Crippen LogP contribution in [0.25, 0.3) is 0 Å². The van der Waals surface area contributed by atoms with E-state index in [1.54, 1.807) is 0 Å². The molecule has 24 heavy (non-hydrogen) atoms. The van der Waals surface area contributed by atoms with Crippen molar-refractivity contribution in [3.05, 3.63) is 0 Å². The second-order valence-corrected chi connectivity index (χ2v) is 9.13. The Kier molecular flexibility index (Phi) is 9.39. The highest BCUT2D eigenvalue weighted by molar-refractivity contribution is 6.32. The minimum atomic E-state index is -0.520. The van der Waals surface area contributed by atoms with Crippen molar-refractivity contribution < 1.29 is 0 Å². The lowest BCUT2D eigenvalue weighted by Gasteiger charge is -2.56. The van der Waals surface area contributed by atoms with E-state index in [2.05, 4.69) is 52.2 Å². The molecule has 0 radical (unpaired) electrons. The average molecular weight is 379 g/mol. The summed E-state index contributed by atoms with van der Waals surface area (Å²) < 4.78 is 0. The summed E-state index contributed by atoms with van der Waals surface area (Å²) in [5.41, 5.74) is 0.239. The van der Waals surface area contributed by atoms with Gasteiger partial charge in [-0.25, -0.2) is 0 Å². The van der Waals surface area contributed by atoms with E-state index in [1.807, 2.05) is 0 Å². The maximum absolute atomic E-state index is 7.18. The fraction of sp³-hybridized carbons (Fsp3) is 1.00. The van der Waals surface area contributed by atoms with Gasteiger partial charge in [-0.05, 0) is 56.0 Å². The molecule has 1 rings (SSSR count). The molecule has 1 saturated carbocycles. The van der Waals surface area contributed by atoms with Crippen molar-refractivity contribution in [1.29, 1.82) is 0 Å². The monoisotopic (exact) mass is 378 g/mol. The van der Waals surface area contributed by atoms with E-state index in [4.69, 9.17) is 23.2 Å². The molecule has 0 heterocycles. The summed E-state index contributed by atoms with van der Waals surface area (Å²) in [5.74, 6) is 1.29. The van der Waals surface area contributed by atoms with Gasteiger partial charge in [0.25, 0.3) is 0 Å². The second kappa shape index (κ2) is 10.00. The molecule has 144 valence electrons. The van der Waals surface area contributed by atoms with Crippen LogP contribution >= 0.6 is 23.2 Å². The first-order chi connectivity index (χ1) is 11.3. The quantitative estimate of drug-likeness (QED) is 0.372. The predicted molar refractivity (Wildman–Crippen MR) is 109 cm³/mol. The van der Waals surface area contributed by atoms with Crippen LogP contribution < -0.4 is 10.6 Å². The Bertz CT molecular complexity index is 354. The number of halogens is 2. The molecule has 0 aromatic heterocycles. The molecule has 5 atom stereocenters. The Morgan fingerprint density at radius 3 is 2.00 bits per heavy atom. The van der Waals surface area contributed by atoms with E-state index in [9.17, 15) is 0 Å². The van der Waals surface area contributed by atoms with E-state index in [1.165, 1.54) is 12.8 Å². The molecule has 2 nitrogen and oxygen atoms in total. The van der Waals surface area contributed by atoms with Crippen LogP contribution in [0.5, 0.6) is 0 Å². The molecule has 0 amide bonds. The molecule has 0 aromatic carbocycles. The van der Waals surface area contributed by atoms with E-state index in [-0.39, 0.29) is 16.8 Å². The molecule has 4 heteroatoms. The van der Waals surface area contributed by atoms with Crippen LogP contribution in [0.2, 0.25) is 0 Å².